The van der Waals surface area contributed by atoms with Crippen molar-refractivity contribution in [2.45, 2.75) is 13.3 Å². The van der Waals surface area contributed by atoms with E-state index >= 15 is 0 Å². The van der Waals surface area contributed by atoms with E-state index in [1.807, 2.05) is 0 Å². The van der Waals surface area contributed by atoms with Crippen LogP contribution >= 0.6 is 0 Å². The molecule has 0 aliphatic carbocycles. The van der Waals surface area contributed by atoms with Crippen molar-refractivity contribution in [2.75, 3.05) is 28.2 Å². The molecule has 3 N–H and O–H groups in total. The number of nitro groups is 1. The third-order valence-corrected chi connectivity index (χ3v) is 6.75. The summed E-state index contributed by atoms with van der Waals surface area (Å²) in [7, 11) is -2.12. The summed E-state index contributed by atoms with van der Waals surface area (Å²) in [6, 6.07) is 14.5. The minimum absolute atomic E-state index is 0.000851. The number of rotatable bonds is 7. The molecular weight excluding hydrogens is 460 g/mol. The van der Waals surface area contributed by atoms with E-state index in [4.69, 9.17) is 4.74 Å². The first-order valence-corrected chi connectivity index (χ1v) is 12.1. The smallest absolute Gasteiger partial charge is 0.310 e. The first-order chi connectivity index (χ1) is 16.2. The summed E-state index contributed by atoms with van der Waals surface area (Å²) in [5.41, 5.74) is 3.50. The molecule has 34 heavy (non-hydrogen) atoms. The van der Waals surface area contributed by atoms with Gasteiger partial charge in [0.05, 0.1) is 46.1 Å². The summed E-state index contributed by atoms with van der Waals surface area (Å²) in [4.78, 5) is 23.4. The number of hydrogen-bond acceptors (Lipinski definition) is 7. The molecule has 10 nitrogen and oxygen atoms in total. The van der Waals surface area contributed by atoms with E-state index in [1.54, 1.807) is 55.5 Å². The standard InChI is InChI=1S/C23H22N4O6S/c1-3-10-34(31,32)26-16-6-8-18-20(13-16)24-19-11-14(4-7-17(19)23(28)25-18)15-5-9-21(27(29)30)22(12-15)33-2/h4-9,11-13,24,26H,3,10H2,1-2H3,(H,25,28). The van der Waals surface area contributed by atoms with Crippen LogP contribution in [0.15, 0.2) is 54.6 Å². The number of anilines is 4. The molecule has 1 amide bonds. The van der Waals surface area contributed by atoms with E-state index in [-0.39, 0.29) is 23.1 Å². The van der Waals surface area contributed by atoms with E-state index in [0.717, 1.165) is 0 Å². The van der Waals surface area contributed by atoms with E-state index in [9.17, 15) is 23.3 Å². The highest BCUT2D eigenvalue weighted by molar-refractivity contribution is 7.92. The molecule has 0 spiro atoms. The molecule has 0 unspecified atom stereocenters. The Morgan fingerprint density at radius 1 is 0.971 bits per heavy atom. The summed E-state index contributed by atoms with van der Waals surface area (Å²) in [6.45, 7) is 1.78. The molecule has 0 radical (unpaired) electrons. The lowest BCUT2D eigenvalue weighted by molar-refractivity contribution is -0.385. The molecule has 0 saturated carbocycles. The second-order valence-corrected chi connectivity index (χ2v) is 9.51. The van der Waals surface area contributed by atoms with Gasteiger partial charge in [0.2, 0.25) is 10.0 Å². The second-order valence-electron chi connectivity index (χ2n) is 7.66. The Kier molecular flexibility index (Phi) is 6.12. The van der Waals surface area contributed by atoms with Crippen LogP contribution in [0, 0.1) is 10.1 Å². The molecule has 1 heterocycles. The van der Waals surface area contributed by atoms with Crippen LogP contribution in [-0.2, 0) is 10.0 Å². The van der Waals surface area contributed by atoms with Gasteiger partial charge in [-0.05, 0) is 60.0 Å². The van der Waals surface area contributed by atoms with Gasteiger partial charge in [0, 0.05) is 6.07 Å². The highest BCUT2D eigenvalue weighted by Gasteiger charge is 2.21. The SMILES string of the molecule is CCCS(=O)(=O)Nc1ccc2c(c1)Nc1cc(-c3ccc([N+](=O)[O-])c(OC)c3)ccc1C(=O)N2. The van der Waals surface area contributed by atoms with Gasteiger partial charge in [-0.1, -0.05) is 13.0 Å². The number of ether oxygens (including phenoxy) is 1. The second kappa shape index (κ2) is 9.02. The summed E-state index contributed by atoms with van der Waals surface area (Å²) >= 11 is 0. The molecule has 176 valence electrons. The Hall–Kier alpha value is -4.12. The predicted molar refractivity (Wildman–Crippen MR) is 130 cm³/mol. The number of nitro benzene ring substituents is 1. The Balaban J connectivity index is 1.72. The maximum atomic E-state index is 12.8. The van der Waals surface area contributed by atoms with Gasteiger partial charge in [-0.2, -0.15) is 0 Å². The molecule has 0 aromatic heterocycles. The van der Waals surface area contributed by atoms with Gasteiger partial charge in [0.25, 0.3) is 5.91 Å². The van der Waals surface area contributed by atoms with Crippen LogP contribution in [0.2, 0.25) is 0 Å². The Morgan fingerprint density at radius 3 is 2.41 bits per heavy atom. The average molecular weight is 483 g/mol. The molecular formula is C23H22N4O6S. The highest BCUT2D eigenvalue weighted by Crippen LogP contribution is 2.38. The van der Waals surface area contributed by atoms with Gasteiger partial charge in [0.15, 0.2) is 5.75 Å². The zero-order valence-electron chi connectivity index (χ0n) is 18.4. The maximum Gasteiger partial charge on any atom is 0.310 e. The lowest BCUT2D eigenvalue weighted by Gasteiger charge is -2.13. The van der Waals surface area contributed by atoms with Crippen LogP contribution < -0.4 is 20.1 Å². The zero-order valence-corrected chi connectivity index (χ0v) is 19.2. The number of nitrogens with one attached hydrogen (secondary N) is 3. The van der Waals surface area contributed by atoms with Crippen molar-refractivity contribution in [3.8, 4) is 16.9 Å². The number of amides is 1. The third-order valence-electron chi connectivity index (χ3n) is 5.26. The van der Waals surface area contributed by atoms with Gasteiger partial charge in [-0.3, -0.25) is 19.6 Å². The molecule has 0 bridgehead atoms. The minimum Gasteiger partial charge on any atom is -0.490 e. The number of hydrogen-bond donors (Lipinski definition) is 3. The summed E-state index contributed by atoms with van der Waals surface area (Å²) < 4.78 is 32.0. The van der Waals surface area contributed by atoms with Crippen LogP contribution in [0.1, 0.15) is 23.7 Å². The number of benzene rings is 3. The Labute approximate surface area is 196 Å². The summed E-state index contributed by atoms with van der Waals surface area (Å²) in [5.74, 6) is -0.204. The fraction of sp³-hybridized carbons (Fsp3) is 0.174. The van der Waals surface area contributed by atoms with Crippen molar-refractivity contribution in [3.63, 3.8) is 0 Å². The molecule has 1 aliphatic rings. The number of carbonyl (C=O) groups is 1. The highest BCUT2D eigenvalue weighted by atomic mass is 32.2. The first-order valence-electron chi connectivity index (χ1n) is 10.4. The first kappa shape index (κ1) is 23.1. The van der Waals surface area contributed by atoms with Crippen molar-refractivity contribution < 1.29 is 22.9 Å². The minimum atomic E-state index is -3.48. The third kappa shape index (κ3) is 4.64. The van der Waals surface area contributed by atoms with Gasteiger partial charge in [-0.25, -0.2) is 8.42 Å². The van der Waals surface area contributed by atoms with Crippen molar-refractivity contribution in [2.24, 2.45) is 0 Å². The van der Waals surface area contributed by atoms with Crippen molar-refractivity contribution in [3.05, 3.63) is 70.3 Å². The van der Waals surface area contributed by atoms with Crippen LogP contribution in [0.3, 0.4) is 0 Å². The Bertz CT molecular complexity index is 1400. The van der Waals surface area contributed by atoms with Crippen LogP contribution in [0.25, 0.3) is 11.1 Å². The fourth-order valence-electron chi connectivity index (χ4n) is 3.69. The quantitative estimate of drug-likeness (QED) is 0.327. The summed E-state index contributed by atoms with van der Waals surface area (Å²) in [5, 5.41) is 17.2. The van der Waals surface area contributed by atoms with Crippen molar-refractivity contribution in [1.29, 1.82) is 0 Å². The maximum absolute atomic E-state index is 12.8. The van der Waals surface area contributed by atoms with Crippen LogP contribution in [0.5, 0.6) is 5.75 Å². The van der Waals surface area contributed by atoms with Gasteiger partial charge in [-0.15, -0.1) is 0 Å². The summed E-state index contributed by atoms with van der Waals surface area (Å²) in [6.07, 6.45) is 0.484. The lowest BCUT2D eigenvalue weighted by atomic mass is 10.0. The molecule has 3 aromatic rings. The number of carbonyl (C=O) groups excluding carboxylic acids is 1. The Morgan fingerprint density at radius 2 is 1.71 bits per heavy atom. The fourth-order valence-corrected chi connectivity index (χ4v) is 4.81. The average Bonchev–Trinajstić information content (AvgIpc) is 2.93. The normalized spacial score (nSPS) is 12.5. The lowest BCUT2D eigenvalue weighted by Crippen LogP contribution is -2.16. The molecule has 3 aromatic carbocycles. The van der Waals surface area contributed by atoms with Gasteiger partial charge < -0.3 is 15.4 Å². The topological polar surface area (TPSA) is 140 Å². The van der Waals surface area contributed by atoms with E-state index in [2.05, 4.69) is 15.4 Å². The zero-order chi connectivity index (χ0) is 24.5. The molecule has 1 aliphatic heterocycles. The van der Waals surface area contributed by atoms with E-state index < -0.39 is 14.9 Å². The number of nitrogens with zero attached hydrogens (tertiary/aromatic N) is 1. The van der Waals surface area contributed by atoms with Crippen LogP contribution in [-0.4, -0.2) is 32.1 Å². The van der Waals surface area contributed by atoms with Gasteiger partial charge in [0.1, 0.15) is 0 Å². The van der Waals surface area contributed by atoms with E-state index in [0.29, 0.717) is 45.9 Å². The van der Waals surface area contributed by atoms with E-state index in [1.165, 1.54) is 13.2 Å². The molecule has 4 rings (SSSR count). The monoisotopic (exact) mass is 482 g/mol. The van der Waals surface area contributed by atoms with Crippen molar-refractivity contribution in [1.82, 2.24) is 0 Å². The number of sulfonamides is 1. The number of methoxy groups -OCH3 is 1. The largest absolute Gasteiger partial charge is 0.490 e. The molecule has 11 heteroatoms. The molecule has 0 saturated heterocycles. The molecule has 0 fully saturated rings. The molecule has 0 atom stereocenters. The van der Waals surface area contributed by atoms with Gasteiger partial charge >= 0.3 is 5.69 Å². The van der Waals surface area contributed by atoms with Crippen molar-refractivity contribution >= 4 is 44.4 Å². The number of fused-ring (bicyclic) bond motifs is 2. The van der Waals surface area contributed by atoms with Crippen LogP contribution in [0.4, 0.5) is 28.4 Å². The predicted octanol–water partition coefficient (Wildman–Crippen LogP) is 4.73.